The van der Waals surface area contributed by atoms with Crippen molar-refractivity contribution >= 4 is 22.5 Å². The Hall–Kier alpha value is -2.74. The van der Waals surface area contributed by atoms with Crippen LogP contribution in [0.1, 0.15) is 19.4 Å². The lowest BCUT2D eigenvalue weighted by molar-refractivity contribution is 0.0981. The van der Waals surface area contributed by atoms with Gasteiger partial charge in [-0.15, -0.1) is 0 Å². The summed E-state index contributed by atoms with van der Waals surface area (Å²) in [4.78, 5) is 14.7. The first kappa shape index (κ1) is 21.1. The number of rotatable bonds is 4. The van der Waals surface area contributed by atoms with Crippen LogP contribution in [0.2, 0.25) is 0 Å². The van der Waals surface area contributed by atoms with Crippen LogP contribution < -0.4 is 9.80 Å². The Labute approximate surface area is 188 Å². The molecule has 1 N–H and O–H groups in total. The molecule has 2 aliphatic heterocycles. The van der Waals surface area contributed by atoms with E-state index in [2.05, 4.69) is 41.8 Å². The second-order valence-electron chi connectivity index (χ2n) is 8.66. The number of ether oxygens (including phenoxy) is 2. The highest BCUT2D eigenvalue weighted by atomic mass is 16.5. The van der Waals surface area contributed by atoms with Gasteiger partial charge in [-0.25, -0.2) is 9.97 Å². The zero-order valence-corrected chi connectivity index (χ0v) is 18.7. The standard InChI is InChI=1S/C25H30N4O3/c1-17-15-31-11-9-28(17)23-13-24(29-10-12-32-16-18(29)2)27-25-21(23)7-8-22(26-25)20-5-3-19(14-30)4-6-20/h3-8,13,17-18,30H,9-12,14-16H2,1-2H3/t17-,18-/m0/s1. The van der Waals surface area contributed by atoms with Gasteiger partial charge in [0.15, 0.2) is 5.65 Å². The van der Waals surface area contributed by atoms with Crippen LogP contribution in [-0.4, -0.2) is 66.7 Å². The van der Waals surface area contributed by atoms with Crippen molar-refractivity contribution in [2.24, 2.45) is 0 Å². The molecule has 4 heterocycles. The number of aliphatic hydroxyl groups excluding tert-OH is 1. The van der Waals surface area contributed by atoms with Crippen molar-refractivity contribution in [2.75, 3.05) is 49.3 Å². The number of fused-ring (bicyclic) bond motifs is 1. The molecule has 2 aliphatic rings. The van der Waals surface area contributed by atoms with Crippen LogP contribution in [0.4, 0.5) is 11.5 Å². The van der Waals surface area contributed by atoms with E-state index in [1.807, 2.05) is 24.3 Å². The number of morpholine rings is 2. The van der Waals surface area contributed by atoms with E-state index in [-0.39, 0.29) is 18.7 Å². The fourth-order valence-electron chi connectivity index (χ4n) is 4.55. The van der Waals surface area contributed by atoms with Crippen molar-refractivity contribution < 1.29 is 14.6 Å². The van der Waals surface area contributed by atoms with E-state index in [4.69, 9.17) is 19.4 Å². The summed E-state index contributed by atoms with van der Waals surface area (Å²) < 4.78 is 11.3. The number of aromatic nitrogens is 2. The molecule has 7 nitrogen and oxygen atoms in total. The molecule has 0 aliphatic carbocycles. The molecule has 0 amide bonds. The van der Waals surface area contributed by atoms with Crippen LogP contribution in [0, 0.1) is 0 Å². The van der Waals surface area contributed by atoms with Gasteiger partial charge >= 0.3 is 0 Å². The third kappa shape index (κ3) is 4.03. The molecule has 3 aromatic rings. The van der Waals surface area contributed by atoms with Gasteiger partial charge in [-0.05, 0) is 31.5 Å². The molecule has 168 valence electrons. The number of benzene rings is 1. The van der Waals surface area contributed by atoms with Gasteiger partial charge in [-0.1, -0.05) is 24.3 Å². The molecule has 2 fully saturated rings. The predicted molar refractivity (Wildman–Crippen MR) is 126 cm³/mol. The fourth-order valence-corrected chi connectivity index (χ4v) is 4.55. The molecule has 7 heteroatoms. The number of pyridine rings is 2. The molecular formula is C25H30N4O3. The average Bonchev–Trinajstić information content (AvgIpc) is 2.84. The Morgan fingerprint density at radius 3 is 2.25 bits per heavy atom. The molecule has 5 rings (SSSR count). The average molecular weight is 435 g/mol. The highest BCUT2D eigenvalue weighted by molar-refractivity contribution is 5.93. The van der Waals surface area contributed by atoms with Crippen molar-refractivity contribution in [1.29, 1.82) is 0 Å². The molecule has 0 unspecified atom stereocenters. The summed E-state index contributed by atoms with van der Waals surface area (Å²) in [5.74, 6) is 0.947. The summed E-state index contributed by atoms with van der Waals surface area (Å²) in [5, 5.41) is 10.4. The van der Waals surface area contributed by atoms with E-state index in [1.165, 1.54) is 0 Å². The largest absolute Gasteiger partial charge is 0.392 e. The first-order chi connectivity index (χ1) is 15.6. The third-order valence-corrected chi connectivity index (χ3v) is 6.41. The van der Waals surface area contributed by atoms with Crippen LogP contribution >= 0.6 is 0 Å². The SMILES string of the molecule is C[C@H]1COCCN1c1cc(N2CCOC[C@@H]2C)c2ccc(-c3ccc(CO)cc3)nc2n1. The lowest BCUT2D eigenvalue weighted by Gasteiger charge is -2.38. The van der Waals surface area contributed by atoms with Crippen molar-refractivity contribution in [3.05, 3.63) is 48.0 Å². The lowest BCUT2D eigenvalue weighted by atomic mass is 10.1. The van der Waals surface area contributed by atoms with Crippen molar-refractivity contribution in [2.45, 2.75) is 32.5 Å². The first-order valence-corrected chi connectivity index (χ1v) is 11.3. The summed E-state index contributed by atoms with van der Waals surface area (Å²) in [6, 6.07) is 14.8. The minimum absolute atomic E-state index is 0.0369. The van der Waals surface area contributed by atoms with Crippen LogP contribution in [0.5, 0.6) is 0 Å². The van der Waals surface area contributed by atoms with Crippen LogP contribution in [0.3, 0.4) is 0 Å². The van der Waals surface area contributed by atoms with Crippen LogP contribution in [0.25, 0.3) is 22.3 Å². The maximum absolute atomic E-state index is 9.34. The Kier molecular flexibility index (Phi) is 5.95. The van der Waals surface area contributed by atoms with Crippen LogP contribution in [0.15, 0.2) is 42.5 Å². The third-order valence-electron chi connectivity index (χ3n) is 6.41. The number of hydrogen-bond acceptors (Lipinski definition) is 7. The zero-order chi connectivity index (χ0) is 22.1. The number of hydrogen-bond donors (Lipinski definition) is 1. The molecule has 2 aromatic heterocycles. The van der Waals surface area contributed by atoms with Gasteiger partial charge in [-0.2, -0.15) is 0 Å². The Morgan fingerprint density at radius 1 is 0.906 bits per heavy atom. The quantitative estimate of drug-likeness (QED) is 0.676. The minimum Gasteiger partial charge on any atom is -0.392 e. The van der Waals surface area contributed by atoms with Gasteiger partial charge in [0.25, 0.3) is 0 Å². The maximum atomic E-state index is 9.34. The molecule has 0 radical (unpaired) electrons. The van der Waals surface area contributed by atoms with E-state index in [0.29, 0.717) is 13.2 Å². The molecule has 2 atom stereocenters. The molecule has 0 spiro atoms. The van der Waals surface area contributed by atoms with Crippen molar-refractivity contribution in [3.63, 3.8) is 0 Å². The number of nitrogens with zero attached hydrogens (tertiary/aromatic N) is 4. The fraction of sp³-hybridized carbons (Fsp3) is 0.440. The predicted octanol–water partition coefficient (Wildman–Crippen LogP) is 3.24. The summed E-state index contributed by atoms with van der Waals surface area (Å²) in [7, 11) is 0. The molecule has 2 saturated heterocycles. The number of aliphatic hydroxyl groups is 1. The van der Waals surface area contributed by atoms with Crippen molar-refractivity contribution in [1.82, 2.24) is 9.97 Å². The summed E-state index contributed by atoms with van der Waals surface area (Å²) in [6.07, 6.45) is 0. The minimum atomic E-state index is 0.0369. The molecule has 1 aromatic carbocycles. The lowest BCUT2D eigenvalue weighted by Crippen LogP contribution is -2.45. The Bertz CT molecular complexity index is 1090. The first-order valence-electron chi connectivity index (χ1n) is 11.3. The summed E-state index contributed by atoms with van der Waals surface area (Å²) >= 11 is 0. The molecular weight excluding hydrogens is 404 g/mol. The monoisotopic (exact) mass is 434 g/mol. The van der Waals surface area contributed by atoms with E-state index >= 15 is 0 Å². The van der Waals surface area contributed by atoms with Crippen LogP contribution in [-0.2, 0) is 16.1 Å². The van der Waals surface area contributed by atoms with Gasteiger partial charge in [0.1, 0.15) is 5.82 Å². The van der Waals surface area contributed by atoms with E-state index in [9.17, 15) is 5.11 Å². The molecule has 0 saturated carbocycles. The van der Waals surface area contributed by atoms with Gasteiger partial charge in [0, 0.05) is 36.1 Å². The topological polar surface area (TPSA) is 71.0 Å². The Morgan fingerprint density at radius 2 is 1.59 bits per heavy atom. The summed E-state index contributed by atoms with van der Waals surface area (Å²) in [6.45, 7) is 8.93. The second kappa shape index (κ2) is 9.02. The van der Waals surface area contributed by atoms with Gasteiger partial charge in [0.05, 0.1) is 50.5 Å². The zero-order valence-electron chi connectivity index (χ0n) is 18.7. The van der Waals surface area contributed by atoms with Crippen molar-refractivity contribution in [3.8, 4) is 11.3 Å². The normalized spacial score (nSPS) is 21.8. The van der Waals surface area contributed by atoms with Gasteiger partial charge < -0.3 is 24.4 Å². The van der Waals surface area contributed by atoms with E-state index < -0.39 is 0 Å². The highest BCUT2D eigenvalue weighted by Crippen LogP contribution is 2.34. The Balaban J connectivity index is 1.63. The summed E-state index contributed by atoms with van der Waals surface area (Å²) in [5.41, 5.74) is 4.69. The second-order valence-corrected chi connectivity index (χ2v) is 8.66. The van der Waals surface area contributed by atoms with E-state index in [1.54, 1.807) is 0 Å². The van der Waals surface area contributed by atoms with E-state index in [0.717, 1.165) is 65.7 Å². The molecule has 0 bridgehead atoms. The highest BCUT2D eigenvalue weighted by Gasteiger charge is 2.26. The van der Waals surface area contributed by atoms with Gasteiger partial charge in [-0.3, -0.25) is 0 Å². The smallest absolute Gasteiger partial charge is 0.164 e. The maximum Gasteiger partial charge on any atom is 0.164 e. The number of anilines is 2. The van der Waals surface area contributed by atoms with Gasteiger partial charge in [0.2, 0.25) is 0 Å². The molecule has 32 heavy (non-hydrogen) atoms.